The number of nitrogens with zero attached hydrogens (tertiary/aromatic N) is 2. The molecule has 3 aromatic carbocycles. The largest absolute Gasteiger partial charge is 0.488 e. The quantitative estimate of drug-likeness (QED) is 0.409. The molecular formula is C29H25N3O5. The molecule has 0 spiro atoms. The van der Waals surface area contributed by atoms with Gasteiger partial charge < -0.3 is 19.7 Å². The topological polar surface area (TPSA) is 103 Å². The molecule has 1 saturated heterocycles. The molecule has 1 fully saturated rings. The number of carboxylic acid groups (broad SMARTS) is 1. The summed E-state index contributed by atoms with van der Waals surface area (Å²) < 4.78 is 6.50. The maximum absolute atomic E-state index is 13.2. The predicted molar refractivity (Wildman–Crippen MR) is 137 cm³/mol. The number of ether oxygens (including phenoxy) is 1. The number of aromatic carboxylic acids is 1. The van der Waals surface area contributed by atoms with Gasteiger partial charge in [0, 0.05) is 42.2 Å². The first kappa shape index (κ1) is 22.8. The summed E-state index contributed by atoms with van der Waals surface area (Å²) >= 11 is 0. The smallest absolute Gasteiger partial charge is 0.335 e. The Bertz CT molecular complexity index is 1540. The molecule has 2 N–H and O–H groups in total. The van der Waals surface area contributed by atoms with Crippen molar-refractivity contribution in [2.24, 2.45) is 0 Å². The summed E-state index contributed by atoms with van der Waals surface area (Å²) in [6.45, 7) is 1.11. The van der Waals surface area contributed by atoms with Crippen molar-refractivity contribution in [2.45, 2.75) is 25.5 Å². The highest BCUT2D eigenvalue weighted by atomic mass is 16.5. The molecular weight excluding hydrogens is 470 g/mol. The predicted octanol–water partition coefficient (Wildman–Crippen LogP) is 4.53. The summed E-state index contributed by atoms with van der Waals surface area (Å²) in [6, 6.07) is 20.4. The highest BCUT2D eigenvalue weighted by Gasteiger charge is 2.44. The van der Waals surface area contributed by atoms with Crippen LogP contribution in [0.5, 0.6) is 5.75 Å². The molecule has 3 heterocycles. The van der Waals surface area contributed by atoms with Gasteiger partial charge in [-0.3, -0.25) is 9.69 Å². The summed E-state index contributed by atoms with van der Waals surface area (Å²) in [5, 5.41) is 10.1. The van der Waals surface area contributed by atoms with Gasteiger partial charge in [-0.2, -0.15) is 0 Å². The summed E-state index contributed by atoms with van der Waals surface area (Å²) in [7, 11) is 1.53. The zero-order valence-electron chi connectivity index (χ0n) is 20.2. The Kier molecular flexibility index (Phi) is 5.44. The van der Waals surface area contributed by atoms with E-state index in [9.17, 15) is 19.5 Å². The van der Waals surface area contributed by atoms with Crippen LogP contribution in [0.3, 0.4) is 0 Å². The molecule has 1 aromatic heterocycles. The lowest BCUT2D eigenvalue weighted by Gasteiger charge is -2.40. The SMILES string of the molecule is CN1C(=O)C2CN(Cc3[nH]c4ccc(Cc5ccc(C(=O)O)cc5)c(OCc5ccccc5)c4c32)C1=O. The fourth-order valence-corrected chi connectivity index (χ4v) is 5.36. The van der Waals surface area contributed by atoms with Crippen LogP contribution in [-0.4, -0.2) is 51.4 Å². The molecule has 3 amide bonds. The molecule has 4 aromatic rings. The van der Waals surface area contributed by atoms with Gasteiger partial charge in [-0.05, 0) is 34.9 Å². The van der Waals surface area contributed by atoms with Crippen LogP contribution in [-0.2, 0) is 24.4 Å². The molecule has 0 aliphatic carbocycles. The van der Waals surface area contributed by atoms with E-state index in [0.29, 0.717) is 31.9 Å². The van der Waals surface area contributed by atoms with Crippen molar-refractivity contribution in [1.29, 1.82) is 0 Å². The summed E-state index contributed by atoms with van der Waals surface area (Å²) in [5.74, 6) is -0.952. The van der Waals surface area contributed by atoms with Crippen LogP contribution in [0.1, 0.15) is 44.2 Å². The van der Waals surface area contributed by atoms with Crippen LogP contribution in [0, 0.1) is 0 Å². The molecule has 8 nitrogen and oxygen atoms in total. The summed E-state index contributed by atoms with van der Waals surface area (Å²) in [4.78, 5) is 43.4. The number of amides is 3. The first-order chi connectivity index (χ1) is 17.9. The van der Waals surface area contributed by atoms with Gasteiger partial charge in [0.05, 0.1) is 18.0 Å². The Hall–Kier alpha value is -4.59. The number of urea groups is 1. The molecule has 1 unspecified atom stereocenters. The average Bonchev–Trinajstić information content (AvgIpc) is 3.29. The monoisotopic (exact) mass is 495 g/mol. The van der Waals surface area contributed by atoms with E-state index in [4.69, 9.17) is 4.74 Å². The maximum Gasteiger partial charge on any atom is 0.335 e. The standard InChI is InChI=1S/C29H25N3O5/c1-31-27(33)21-14-32(29(31)36)15-23-24(21)25-22(30-23)12-11-20(13-17-7-9-19(10-8-17)28(34)35)26(25)37-16-18-5-3-2-4-6-18/h2-12,21,30H,13-16H2,1H3,(H,34,35). The Labute approximate surface area is 213 Å². The van der Waals surface area contributed by atoms with Gasteiger partial charge in [0.1, 0.15) is 12.4 Å². The lowest BCUT2D eigenvalue weighted by Crippen LogP contribution is -2.55. The summed E-state index contributed by atoms with van der Waals surface area (Å²) in [5.41, 5.74) is 5.74. The number of aromatic nitrogens is 1. The van der Waals surface area contributed by atoms with Gasteiger partial charge >= 0.3 is 12.0 Å². The fraction of sp³-hybridized carbons (Fsp3) is 0.207. The van der Waals surface area contributed by atoms with Crippen molar-refractivity contribution in [2.75, 3.05) is 13.6 Å². The van der Waals surface area contributed by atoms with Crippen LogP contribution in [0.4, 0.5) is 4.79 Å². The second kappa shape index (κ2) is 8.81. The van der Waals surface area contributed by atoms with Crippen molar-refractivity contribution in [3.63, 3.8) is 0 Å². The number of H-pyrrole nitrogens is 1. The second-order valence-corrected chi connectivity index (χ2v) is 9.56. The lowest BCUT2D eigenvalue weighted by molar-refractivity contribution is -0.132. The number of carbonyl (C=O) groups excluding carboxylic acids is 2. The van der Waals surface area contributed by atoms with Crippen LogP contribution in [0.2, 0.25) is 0 Å². The first-order valence-corrected chi connectivity index (χ1v) is 12.1. The van der Waals surface area contributed by atoms with Gasteiger partial charge in [0.15, 0.2) is 0 Å². The number of fused-ring (bicyclic) bond motifs is 6. The van der Waals surface area contributed by atoms with Crippen molar-refractivity contribution >= 4 is 28.8 Å². The number of hydrogen-bond acceptors (Lipinski definition) is 4. The minimum atomic E-state index is -0.964. The highest BCUT2D eigenvalue weighted by molar-refractivity contribution is 6.05. The van der Waals surface area contributed by atoms with E-state index in [1.165, 1.54) is 11.9 Å². The molecule has 1 atom stereocenters. The van der Waals surface area contributed by atoms with E-state index in [1.54, 1.807) is 17.0 Å². The van der Waals surface area contributed by atoms with E-state index in [1.807, 2.05) is 54.6 Å². The van der Waals surface area contributed by atoms with Gasteiger partial charge in [0.2, 0.25) is 5.91 Å². The third-order valence-electron chi connectivity index (χ3n) is 7.23. The number of benzene rings is 3. The molecule has 0 saturated carbocycles. The Morgan fingerprint density at radius 1 is 1.03 bits per heavy atom. The Morgan fingerprint density at radius 2 is 1.78 bits per heavy atom. The van der Waals surface area contributed by atoms with Crippen molar-refractivity contribution in [1.82, 2.24) is 14.8 Å². The fourth-order valence-electron chi connectivity index (χ4n) is 5.36. The average molecular weight is 496 g/mol. The molecule has 37 heavy (non-hydrogen) atoms. The van der Waals surface area contributed by atoms with Crippen molar-refractivity contribution in [3.8, 4) is 5.75 Å². The van der Waals surface area contributed by atoms with Crippen LogP contribution >= 0.6 is 0 Å². The number of rotatable bonds is 6. The van der Waals surface area contributed by atoms with Crippen molar-refractivity contribution < 1.29 is 24.2 Å². The second-order valence-electron chi connectivity index (χ2n) is 9.56. The molecule has 0 radical (unpaired) electrons. The molecule has 2 bridgehead atoms. The van der Waals surface area contributed by atoms with E-state index < -0.39 is 11.9 Å². The number of likely N-dealkylation sites (N-methyl/N-ethyl adjacent to an activating group) is 1. The summed E-state index contributed by atoms with van der Waals surface area (Å²) in [6.07, 6.45) is 0.531. The van der Waals surface area contributed by atoms with E-state index >= 15 is 0 Å². The van der Waals surface area contributed by atoms with Crippen molar-refractivity contribution in [3.05, 3.63) is 100 Å². The number of imide groups is 1. The number of aromatic amines is 1. The number of carboxylic acids is 1. The Balaban J connectivity index is 1.47. The van der Waals surface area contributed by atoms with Crippen LogP contribution in [0.15, 0.2) is 66.7 Å². The highest BCUT2D eigenvalue weighted by Crippen LogP contribution is 2.44. The van der Waals surface area contributed by atoms with Gasteiger partial charge in [-0.15, -0.1) is 0 Å². The Morgan fingerprint density at radius 3 is 2.51 bits per heavy atom. The zero-order valence-corrected chi connectivity index (χ0v) is 20.2. The number of carbonyl (C=O) groups is 3. The lowest BCUT2D eigenvalue weighted by atomic mass is 9.88. The maximum atomic E-state index is 13.2. The third kappa shape index (κ3) is 3.91. The van der Waals surface area contributed by atoms with E-state index in [-0.39, 0.29) is 17.5 Å². The van der Waals surface area contributed by atoms with Crippen LogP contribution < -0.4 is 4.74 Å². The van der Waals surface area contributed by atoms with E-state index in [0.717, 1.165) is 38.9 Å². The molecule has 186 valence electrons. The minimum absolute atomic E-state index is 0.216. The third-order valence-corrected chi connectivity index (χ3v) is 7.23. The molecule has 2 aliphatic rings. The minimum Gasteiger partial charge on any atom is -0.488 e. The molecule has 6 rings (SSSR count). The van der Waals surface area contributed by atoms with Gasteiger partial charge in [-0.1, -0.05) is 48.5 Å². The zero-order chi connectivity index (χ0) is 25.7. The molecule has 8 heteroatoms. The number of hydrogen-bond donors (Lipinski definition) is 2. The first-order valence-electron chi connectivity index (χ1n) is 12.1. The van der Waals surface area contributed by atoms with E-state index in [2.05, 4.69) is 4.98 Å². The van der Waals surface area contributed by atoms with Gasteiger partial charge in [0.25, 0.3) is 0 Å². The molecule has 2 aliphatic heterocycles. The number of nitrogens with one attached hydrogen (secondary N) is 1. The van der Waals surface area contributed by atoms with Gasteiger partial charge in [-0.25, -0.2) is 9.59 Å². The van der Waals surface area contributed by atoms with Crippen LogP contribution in [0.25, 0.3) is 10.9 Å². The normalized spacial score (nSPS) is 16.7.